The molecule has 0 saturated carbocycles. The fraction of sp³-hybridized carbons (Fsp3) is 0.300. The normalized spacial score (nSPS) is 19.2. The molecule has 17 heavy (non-hydrogen) atoms. The van der Waals surface area contributed by atoms with Gasteiger partial charge in [0.25, 0.3) is 5.69 Å². The molecule has 0 unspecified atom stereocenters. The summed E-state index contributed by atoms with van der Waals surface area (Å²) in [6.07, 6.45) is -0.816. The first-order valence-electron chi connectivity index (χ1n) is 4.90. The highest BCUT2D eigenvalue weighted by atomic mass is 35.5. The maximum atomic E-state index is 11.5. The number of cyclic esters (lactones) is 1. The van der Waals surface area contributed by atoms with Gasteiger partial charge in [-0.3, -0.25) is 15.0 Å². The number of ether oxygens (including phenoxy) is 1. The molecule has 0 aliphatic carbocycles. The predicted octanol–water partition coefficient (Wildman–Crippen LogP) is 2.16. The van der Waals surface area contributed by atoms with E-state index in [1.807, 2.05) is 0 Å². The molecule has 6 nitrogen and oxygen atoms in total. The molecule has 1 aliphatic heterocycles. The molecule has 7 heteroatoms. The van der Waals surface area contributed by atoms with Crippen molar-refractivity contribution in [3.05, 3.63) is 34.4 Å². The van der Waals surface area contributed by atoms with E-state index in [1.165, 1.54) is 29.2 Å². The number of amides is 1. The summed E-state index contributed by atoms with van der Waals surface area (Å²) in [6.45, 7) is 0.361. The lowest BCUT2D eigenvalue weighted by molar-refractivity contribution is -0.384. The fourth-order valence-corrected chi connectivity index (χ4v) is 1.73. The zero-order valence-electron chi connectivity index (χ0n) is 8.71. The van der Waals surface area contributed by atoms with Gasteiger partial charge in [-0.2, -0.15) is 0 Å². The van der Waals surface area contributed by atoms with Crippen LogP contribution in [0.4, 0.5) is 16.2 Å². The van der Waals surface area contributed by atoms with E-state index in [9.17, 15) is 14.9 Å². The van der Waals surface area contributed by atoms with Crippen LogP contribution in [-0.4, -0.2) is 29.5 Å². The summed E-state index contributed by atoms with van der Waals surface area (Å²) < 4.78 is 4.98. The van der Waals surface area contributed by atoms with E-state index in [1.54, 1.807) is 0 Å². The Morgan fingerprint density at radius 2 is 2.12 bits per heavy atom. The molecular formula is C10H9ClN2O4. The van der Waals surface area contributed by atoms with Crippen LogP contribution in [0.3, 0.4) is 0 Å². The van der Waals surface area contributed by atoms with Gasteiger partial charge in [0, 0.05) is 17.8 Å². The Hall–Kier alpha value is -1.82. The number of non-ortho nitro benzene ring substituents is 1. The fourth-order valence-electron chi connectivity index (χ4n) is 1.57. The van der Waals surface area contributed by atoms with E-state index in [0.717, 1.165) is 0 Å². The van der Waals surface area contributed by atoms with Gasteiger partial charge in [0.2, 0.25) is 0 Å². The lowest BCUT2D eigenvalue weighted by atomic mass is 10.2. The lowest BCUT2D eigenvalue weighted by Crippen LogP contribution is -2.24. The molecule has 1 heterocycles. The number of rotatable bonds is 3. The van der Waals surface area contributed by atoms with Crippen molar-refractivity contribution in [1.29, 1.82) is 0 Å². The zero-order valence-corrected chi connectivity index (χ0v) is 9.46. The number of halogens is 1. The van der Waals surface area contributed by atoms with Crippen LogP contribution in [0.1, 0.15) is 0 Å². The van der Waals surface area contributed by atoms with Gasteiger partial charge >= 0.3 is 6.09 Å². The Balaban J connectivity index is 2.18. The van der Waals surface area contributed by atoms with Crippen LogP contribution in [0.25, 0.3) is 0 Å². The number of nitro groups is 1. The number of hydrogen-bond acceptors (Lipinski definition) is 4. The van der Waals surface area contributed by atoms with Crippen LogP contribution in [0.2, 0.25) is 0 Å². The van der Waals surface area contributed by atoms with E-state index in [2.05, 4.69) is 0 Å². The molecule has 2 rings (SSSR count). The molecule has 1 atom stereocenters. The number of nitrogens with zero attached hydrogens (tertiary/aromatic N) is 2. The molecular weight excluding hydrogens is 248 g/mol. The third-order valence-corrected chi connectivity index (χ3v) is 2.76. The Morgan fingerprint density at radius 1 is 1.47 bits per heavy atom. The van der Waals surface area contributed by atoms with Crippen LogP contribution < -0.4 is 4.90 Å². The van der Waals surface area contributed by atoms with E-state index in [0.29, 0.717) is 12.2 Å². The number of nitro benzene ring substituents is 1. The first-order chi connectivity index (χ1) is 8.11. The van der Waals surface area contributed by atoms with E-state index in [4.69, 9.17) is 16.3 Å². The smallest absolute Gasteiger partial charge is 0.414 e. The summed E-state index contributed by atoms with van der Waals surface area (Å²) in [6, 6.07) is 5.71. The largest absolute Gasteiger partial charge is 0.443 e. The summed E-state index contributed by atoms with van der Waals surface area (Å²) in [5.41, 5.74) is 0.545. The van der Waals surface area contributed by atoms with Gasteiger partial charge in [-0.25, -0.2) is 4.79 Å². The van der Waals surface area contributed by atoms with E-state index in [-0.39, 0.29) is 17.7 Å². The second-order valence-electron chi connectivity index (χ2n) is 3.54. The van der Waals surface area contributed by atoms with Gasteiger partial charge in [-0.1, -0.05) is 0 Å². The number of carbonyl (C=O) groups is 1. The van der Waals surface area contributed by atoms with Crippen LogP contribution >= 0.6 is 11.6 Å². The molecule has 1 aromatic carbocycles. The summed E-state index contributed by atoms with van der Waals surface area (Å²) in [4.78, 5) is 22.9. The minimum atomic E-state index is -0.492. The zero-order chi connectivity index (χ0) is 12.4. The molecule has 1 fully saturated rings. The maximum Gasteiger partial charge on any atom is 0.414 e. The highest BCUT2D eigenvalue weighted by Gasteiger charge is 2.31. The van der Waals surface area contributed by atoms with Gasteiger partial charge in [0.15, 0.2) is 0 Å². The number of hydrogen-bond donors (Lipinski definition) is 0. The highest BCUT2D eigenvalue weighted by Crippen LogP contribution is 2.24. The third kappa shape index (κ3) is 2.31. The molecule has 1 amide bonds. The average Bonchev–Trinajstić information content (AvgIpc) is 2.71. The Kier molecular flexibility index (Phi) is 3.14. The first-order valence-corrected chi connectivity index (χ1v) is 5.44. The first kappa shape index (κ1) is 11.7. The molecule has 0 spiro atoms. The summed E-state index contributed by atoms with van der Waals surface area (Å²) in [5.74, 6) is 0.231. The quantitative estimate of drug-likeness (QED) is 0.472. The topological polar surface area (TPSA) is 72.7 Å². The van der Waals surface area contributed by atoms with Crippen LogP contribution in [0.15, 0.2) is 24.3 Å². The molecule has 0 bridgehead atoms. The summed E-state index contributed by atoms with van der Waals surface area (Å²) in [5, 5.41) is 10.5. The van der Waals surface area contributed by atoms with Crippen LogP contribution in [0, 0.1) is 10.1 Å². The highest BCUT2D eigenvalue weighted by molar-refractivity contribution is 6.18. The molecule has 1 aromatic rings. The lowest BCUT2D eigenvalue weighted by Gasteiger charge is -2.11. The van der Waals surface area contributed by atoms with Crippen molar-refractivity contribution in [3.63, 3.8) is 0 Å². The predicted molar refractivity (Wildman–Crippen MR) is 61.4 cm³/mol. The molecule has 0 radical (unpaired) electrons. The van der Waals surface area contributed by atoms with E-state index < -0.39 is 11.0 Å². The Labute approximate surface area is 102 Å². The van der Waals surface area contributed by atoms with Crippen molar-refractivity contribution < 1.29 is 14.5 Å². The van der Waals surface area contributed by atoms with Crippen molar-refractivity contribution >= 4 is 29.1 Å². The number of benzene rings is 1. The maximum absolute atomic E-state index is 11.5. The second kappa shape index (κ2) is 4.58. The minimum absolute atomic E-state index is 0.0183. The van der Waals surface area contributed by atoms with Gasteiger partial charge in [0.05, 0.1) is 17.3 Å². The van der Waals surface area contributed by atoms with Crippen LogP contribution in [-0.2, 0) is 4.74 Å². The van der Waals surface area contributed by atoms with E-state index >= 15 is 0 Å². The molecule has 90 valence electrons. The standard InChI is InChI=1S/C10H9ClN2O4/c11-5-9-6-12(10(14)17-9)7-1-3-8(4-2-7)13(15)16/h1-4,9H,5-6H2/t9-/m0/s1. The molecule has 0 N–H and O–H groups in total. The second-order valence-corrected chi connectivity index (χ2v) is 3.85. The third-order valence-electron chi connectivity index (χ3n) is 2.42. The van der Waals surface area contributed by atoms with Crippen molar-refractivity contribution in [2.75, 3.05) is 17.3 Å². The van der Waals surface area contributed by atoms with Gasteiger partial charge in [-0.15, -0.1) is 11.6 Å². The number of carbonyl (C=O) groups excluding carboxylic acids is 1. The van der Waals surface area contributed by atoms with Gasteiger partial charge < -0.3 is 4.74 Å². The van der Waals surface area contributed by atoms with Gasteiger partial charge in [-0.05, 0) is 12.1 Å². The van der Waals surface area contributed by atoms with Crippen molar-refractivity contribution in [2.24, 2.45) is 0 Å². The Morgan fingerprint density at radius 3 is 2.59 bits per heavy atom. The summed E-state index contributed by atoms with van der Waals surface area (Å²) >= 11 is 5.60. The Bertz CT molecular complexity index is 448. The van der Waals surface area contributed by atoms with Gasteiger partial charge in [0.1, 0.15) is 6.10 Å². The number of anilines is 1. The average molecular weight is 257 g/mol. The van der Waals surface area contributed by atoms with Crippen LogP contribution in [0.5, 0.6) is 0 Å². The monoisotopic (exact) mass is 256 g/mol. The summed E-state index contributed by atoms with van der Waals surface area (Å²) in [7, 11) is 0. The van der Waals surface area contributed by atoms with Crippen molar-refractivity contribution in [1.82, 2.24) is 0 Å². The molecule has 1 saturated heterocycles. The minimum Gasteiger partial charge on any atom is -0.443 e. The number of alkyl halides is 1. The van der Waals surface area contributed by atoms with Crippen molar-refractivity contribution in [3.8, 4) is 0 Å². The van der Waals surface area contributed by atoms with Crippen molar-refractivity contribution in [2.45, 2.75) is 6.10 Å². The SMILES string of the molecule is O=C1O[C@@H](CCl)CN1c1ccc([N+](=O)[O-])cc1. The molecule has 0 aromatic heterocycles. The molecule has 1 aliphatic rings.